The van der Waals surface area contributed by atoms with E-state index in [4.69, 9.17) is 0 Å². The molecule has 0 fully saturated rings. The van der Waals surface area contributed by atoms with Crippen molar-refractivity contribution in [2.75, 3.05) is 20.6 Å². The number of halogens is 1. The molecule has 11 heteroatoms. The van der Waals surface area contributed by atoms with E-state index in [0.717, 1.165) is 10.1 Å². The fraction of sp³-hybridized carbons (Fsp3) is 0.304. The molecule has 1 aromatic carbocycles. The molecule has 34 heavy (non-hydrogen) atoms. The molecule has 0 bridgehead atoms. The van der Waals surface area contributed by atoms with Gasteiger partial charge in [-0.3, -0.25) is 23.9 Å². The van der Waals surface area contributed by atoms with Gasteiger partial charge in [-0.15, -0.1) is 0 Å². The van der Waals surface area contributed by atoms with Gasteiger partial charge in [-0.2, -0.15) is 0 Å². The number of aliphatic hydroxyl groups excluding tert-OH is 1. The summed E-state index contributed by atoms with van der Waals surface area (Å²) in [7, 11) is 3.04. The van der Waals surface area contributed by atoms with Gasteiger partial charge in [0.25, 0.3) is 11.5 Å². The van der Waals surface area contributed by atoms with Gasteiger partial charge in [0.1, 0.15) is 12.4 Å². The van der Waals surface area contributed by atoms with Crippen LogP contribution in [-0.4, -0.2) is 58.1 Å². The number of pyridine rings is 2. The quantitative estimate of drug-likeness (QED) is 0.359. The number of likely N-dealkylation sites (N-methyl/N-ethyl adjacent to an activating group) is 1. The van der Waals surface area contributed by atoms with Crippen LogP contribution in [0.2, 0.25) is 0 Å². The average Bonchev–Trinajstić information content (AvgIpc) is 2.76. The molecule has 3 rings (SSSR count). The van der Waals surface area contributed by atoms with Crippen molar-refractivity contribution in [2.24, 2.45) is 0 Å². The first-order valence-corrected chi connectivity index (χ1v) is 10.2. The van der Waals surface area contributed by atoms with Crippen molar-refractivity contribution in [3.05, 3.63) is 69.4 Å². The number of nitrogens with one attached hydrogen (secondary N) is 1. The molecule has 0 aliphatic heterocycles. The van der Waals surface area contributed by atoms with Gasteiger partial charge in [-0.1, -0.05) is 17.9 Å². The molecule has 0 saturated carbocycles. The molecule has 174 valence electrons. The first-order chi connectivity index (χ1) is 15.6. The van der Waals surface area contributed by atoms with Crippen LogP contribution < -0.4 is 45.5 Å². The summed E-state index contributed by atoms with van der Waals surface area (Å²) in [5.41, 5.74) is -0.198. The third-order valence-corrected chi connectivity index (χ3v) is 5.01. The molecule has 0 unspecified atom stereocenters. The third-order valence-electron chi connectivity index (χ3n) is 5.01. The zero-order valence-corrected chi connectivity index (χ0v) is 21.5. The molecule has 2 N–H and O–H groups in total. The summed E-state index contributed by atoms with van der Waals surface area (Å²) in [5, 5.41) is 24.7. The van der Waals surface area contributed by atoms with Gasteiger partial charge >= 0.3 is 29.6 Å². The fourth-order valence-corrected chi connectivity index (χ4v) is 3.23. The first kappa shape index (κ1) is 27.5. The number of hydrogen-bond donors (Lipinski definition) is 2. The molecule has 9 nitrogen and oxygen atoms in total. The Morgan fingerprint density at radius 2 is 1.88 bits per heavy atom. The fourth-order valence-electron chi connectivity index (χ4n) is 3.23. The van der Waals surface area contributed by atoms with Crippen molar-refractivity contribution in [1.82, 2.24) is 19.8 Å². The maximum atomic E-state index is 13.2. The topological polar surface area (TPSA) is 128 Å². The monoisotopic (exact) mass is 478 g/mol. The normalized spacial score (nSPS) is 11.6. The Morgan fingerprint density at radius 3 is 2.47 bits per heavy atom. The van der Waals surface area contributed by atoms with E-state index in [-0.39, 0.29) is 53.0 Å². The molecule has 3 aromatic rings. The number of amides is 2. The zero-order chi connectivity index (χ0) is 24.3. The van der Waals surface area contributed by atoms with Gasteiger partial charge in [0.2, 0.25) is 5.91 Å². The van der Waals surface area contributed by atoms with Crippen molar-refractivity contribution < 1.29 is 53.7 Å². The van der Waals surface area contributed by atoms with Gasteiger partial charge < -0.3 is 20.4 Å². The Bertz CT molecular complexity index is 1260. The van der Waals surface area contributed by atoms with Crippen LogP contribution in [0.25, 0.3) is 11.0 Å². The Hall–Kier alpha value is -2.79. The number of aromatic nitrogens is 2. The molecule has 0 aliphatic rings. The minimum atomic E-state index is -0.948. The van der Waals surface area contributed by atoms with E-state index in [2.05, 4.69) is 10.3 Å². The van der Waals surface area contributed by atoms with E-state index >= 15 is 0 Å². The average molecular weight is 478 g/mol. The molecule has 0 radical (unpaired) electrons. The van der Waals surface area contributed by atoms with E-state index in [1.54, 1.807) is 18.2 Å². The third kappa shape index (κ3) is 6.20. The van der Waals surface area contributed by atoms with Crippen molar-refractivity contribution in [3.63, 3.8) is 0 Å². The number of carbonyl (C=O) groups is 2. The number of benzene rings is 1. The standard InChI is InChI=1S/C23H25FN4O5.Na/c1-13(29)10-26-22(32)19-21(31)20-17(28(23(19)33)12-18(30)27(2)3)9-15(11-25-20)8-14-4-6-16(24)7-5-14;/h4-7,9,11,13,29,31H,8,10,12H2,1-3H3,(H,26,32);/q;+1/p-1/t13-;/m0./s1. The van der Waals surface area contributed by atoms with Gasteiger partial charge in [-0.05, 0) is 42.7 Å². The summed E-state index contributed by atoms with van der Waals surface area (Å²) in [6.07, 6.45) is 0.908. The van der Waals surface area contributed by atoms with E-state index in [9.17, 15) is 29.0 Å². The summed E-state index contributed by atoms with van der Waals surface area (Å²) in [5.74, 6) is -2.60. The molecule has 0 saturated heterocycles. The number of carbonyl (C=O) groups excluding carboxylic acids is 2. The minimum absolute atomic E-state index is 0. The molecule has 2 amide bonds. The molecule has 0 spiro atoms. The molecule has 1 atom stereocenters. The van der Waals surface area contributed by atoms with E-state index in [0.29, 0.717) is 12.0 Å². The number of rotatable bonds is 7. The van der Waals surface area contributed by atoms with E-state index in [1.165, 1.54) is 44.2 Å². The SMILES string of the molecule is C[C@H](O)CNC(=O)c1c([O-])c2ncc(Cc3ccc(F)cc3)cc2n(CC(=O)N(C)C)c1=O.[Na+]. The molecule has 2 heterocycles. The van der Waals surface area contributed by atoms with Crippen LogP contribution in [0.15, 0.2) is 41.3 Å². The van der Waals surface area contributed by atoms with Crippen molar-refractivity contribution in [1.29, 1.82) is 0 Å². The van der Waals surface area contributed by atoms with Gasteiger partial charge in [0, 0.05) is 26.8 Å². The number of fused-ring (bicyclic) bond motifs is 1. The molecular formula is C23H24FN4NaO5. The number of hydrogen-bond acceptors (Lipinski definition) is 6. The van der Waals surface area contributed by atoms with Crippen LogP contribution in [0.4, 0.5) is 4.39 Å². The predicted octanol–water partition coefficient (Wildman–Crippen LogP) is -2.60. The number of aliphatic hydroxyl groups is 1. The van der Waals surface area contributed by atoms with Crippen LogP contribution in [0.5, 0.6) is 5.75 Å². The summed E-state index contributed by atoms with van der Waals surface area (Å²) < 4.78 is 14.2. The summed E-state index contributed by atoms with van der Waals surface area (Å²) in [6, 6.07) is 7.43. The van der Waals surface area contributed by atoms with Gasteiger partial charge in [0.05, 0.1) is 22.7 Å². The Morgan fingerprint density at radius 1 is 1.24 bits per heavy atom. The maximum absolute atomic E-state index is 13.2. The van der Waals surface area contributed by atoms with Crippen LogP contribution in [0.1, 0.15) is 28.4 Å². The van der Waals surface area contributed by atoms with Crippen LogP contribution >= 0.6 is 0 Å². The van der Waals surface area contributed by atoms with Crippen molar-refractivity contribution >= 4 is 22.8 Å². The van der Waals surface area contributed by atoms with Gasteiger partial charge in [0.15, 0.2) is 0 Å². The second kappa shape index (κ2) is 11.6. The second-order valence-electron chi connectivity index (χ2n) is 7.96. The minimum Gasteiger partial charge on any atom is -0.870 e. The van der Waals surface area contributed by atoms with Crippen molar-refractivity contribution in [2.45, 2.75) is 26.0 Å². The Balaban J connectivity index is 0.00000408. The zero-order valence-electron chi connectivity index (χ0n) is 19.5. The van der Waals surface area contributed by atoms with Crippen molar-refractivity contribution in [3.8, 4) is 5.75 Å². The van der Waals surface area contributed by atoms with Crippen LogP contribution in [0.3, 0.4) is 0 Å². The van der Waals surface area contributed by atoms with Crippen LogP contribution in [0, 0.1) is 5.82 Å². The second-order valence-corrected chi connectivity index (χ2v) is 7.96. The molecular weight excluding hydrogens is 454 g/mol. The van der Waals surface area contributed by atoms with Crippen LogP contribution in [-0.2, 0) is 17.8 Å². The Labute approximate surface area is 217 Å². The maximum Gasteiger partial charge on any atom is 1.00 e. The number of nitrogens with zero attached hydrogens (tertiary/aromatic N) is 3. The summed E-state index contributed by atoms with van der Waals surface area (Å²) >= 11 is 0. The molecule has 2 aromatic heterocycles. The smallest absolute Gasteiger partial charge is 0.870 e. The predicted molar refractivity (Wildman–Crippen MR) is 117 cm³/mol. The van der Waals surface area contributed by atoms with Gasteiger partial charge in [-0.25, -0.2) is 4.39 Å². The summed E-state index contributed by atoms with van der Waals surface area (Å²) in [6.45, 7) is 0.883. The Kier molecular flexibility index (Phi) is 9.34. The van der Waals surface area contributed by atoms with E-state index in [1.807, 2.05) is 0 Å². The summed E-state index contributed by atoms with van der Waals surface area (Å²) in [4.78, 5) is 43.6. The largest absolute Gasteiger partial charge is 1.00 e. The van der Waals surface area contributed by atoms with E-state index < -0.39 is 41.3 Å². The first-order valence-electron chi connectivity index (χ1n) is 10.2. The molecule has 0 aliphatic carbocycles.